The van der Waals surface area contributed by atoms with Crippen molar-refractivity contribution in [3.63, 3.8) is 0 Å². The van der Waals surface area contributed by atoms with Gasteiger partial charge in [-0.15, -0.1) is 0 Å². The zero-order valence-electron chi connectivity index (χ0n) is 10.3. The van der Waals surface area contributed by atoms with E-state index in [9.17, 15) is 9.18 Å². The van der Waals surface area contributed by atoms with E-state index in [2.05, 4.69) is 4.98 Å². The molecule has 0 spiro atoms. The lowest BCUT2D eigenvalue weighted by Gasteiger charge is -2.06. The number of carbonyl (C=O) groups is 1. The highest BCUT2D eigenvalue weighted by Crippen LogP contribution is 2.23. The smallest absolute Gasteiger partial charge is 0.196 e. The molecule has 0 fully saturated rings. The molecule has 1 heterocycles. The van der Waals surface area contributed by atoms with Crippen molar-refractivity contribution >= 4 is 28.3 Å². The molecule has 0 amide bonds. The number of benzene rings is 2. The summed E-state index contributed by atoms with van der Waals surface area (Å²) in [4.78, 5) is 16.7. The summed E-state index contributed by atoms with van der Waals surface area (Å²) in [7, 11) is 0. The minimum absolute atomic E-state index is 0.0335. The molecular weight excluding hydrogens is 277 g/mol. The predicted octanol–water partition coefficient (Wildman–Crippen LogP) is 4.26. The molecule has 3 aromatic rings. The molecule has 0 aliphatic carbocycles. The first-order valence-electron chi connectivity index (χ1n) is 6.00. The Balaban J connectivity index is 2.20. The van der Waals surface area contributed by atoms with Gasteiger partial charge in [0.25, 0.3) is 0 Å². The van der Waals surface area contributed by atoms with Crippen molar-refractivity contribution in [2.45, 2.75) is 0 Å². The van der Waals surface area contributed by atoms with Crippen molar-refractivity contribution in [2.24, 2.45) is 0 Å². The van der Waals surface area contributed by atoms with Crippen LogP contribution in [0, 0.1) is 5.82 Å². The molecule has 3 rings (SSSR count). The van der Waals surface area contributed by atoms with E-state index in [4.69, 9.17) is 11.6 Å². The Morgan fingerprint density at radius 1 is 1.05 bits per heavy atom. The van der Waals surface area contributed by atoms with E-state index < -0.39 is 11.6 Å². The molecule has 2 nitrogen and oxygen atoms in total. The molecule has 0 aliphatic heterocycles. The largest absolute Gasteiger partial charge is 0.288 e. The zero-order valence-corrected chi connectivity index (χ0v) is 11.1. The molecule has 0 saturated carbocycles. The highest BCUT2D eigenvalue weighted by Gasteiger charge is 2.16. The number of aromatic nitrogens is 1. The molecule has 0 atom stereocenters. The van der Waals surface area contributed by atoms with E-state index in [-0.39, 0.29) is 5.56 Å². The minimum Gasteiger partial charge on any atom is -0.288 e. The van der Waals surface area contributed by atoms with E-state index in [1.165, 1.54) is 18.2 Å². The average molecular weight is 286 g/mol. The van der Waals surface area contributed by atoms with Crippen molar-refractivity contribution < 1.29 is 9.18 Å². The molecule has 0 N–H and O–H groups in total. The Bertz CT molecular complexity index is 811. The first-order valence-corrected chi connectivity index (χ1v) is 6.38. The van der Waals surface area contributed by atoms with Gasteiger partial charge in [-0.2, -0.15) is 0 Å². The number of nitrogens with zero attached hydrogens (tertiary/aromatic N) is 1. The fourth-order valence-electron chi connectivity index (χ4n) is 2.12. The Morgan fingerprint density at radius 2 is 1.90 bits per heavy atom. The Morgan fingerprint density at radius 3 is 2.75 bits per heavy atom. The molecule has 0 saturated heterocycles. The van der Waals surface area contributed by atoms with Gasteiger partial charge in [0.15, 0.2) is 5.78 Å². The van der Waals surface area contributed by atoms with E-state index in [0.717, 1.165) is 0 Å². The van der Waals surface area contributed by atoms with Gasteiger partial charge in [0.1, 0.15) is 5.82 Å². The van der Waals surface area contributed by atoms with Gasteiger partial charge in [-0.3, -0.25) is 9.78 Å². The summed E-state index contributed by atoms with van der Waals surface area (Å²) in [6, 6.07) is 12.7. The highest BCUT2D eigenvalue weighted by atomic mass is 35.5. The molecule has 20 heavy (non-hydrogen) atoms. The van der Waals surface area contributed by atoms with Crippen LogP contribution in [0.15, 0.2) is 54.7 Å². The lowest BCUT2D eigenvalue weighted by atomic mass is 9.99. The van der Waals surface area contributed by atoms with Gasteiger partial charge in [0, 0.05) is 22.2 Å². The maximum atomic E-state index is 13.8. The Kier molecular flexibility index (Phi) is 3.20. The fraction of sp³-hybridized carbons (Fsp3) is 0. The Hall–Kier alpha value is -2.26. The maximum absolute atomic E-state index is 13.8. The summed E-state index contributed by atoms with van der Waals surface area (Å²) in [5, 5.41) is 1.02. The van der Waals surface area contributed by atoms with Gasteiger partial charge in [-0.1, -0.05) is 29.8 Å². The summed E-state index contributed by atoms with van der Waals surface area (Å²) in [5.41, 5.74) is 1.08. The molecular formula is C16H9ClFNO. The van der Waals surface area contributed by atoms with E-state index >= 15 is 0 Å². The second-order valence-electron chi connectivity index (χ2n) is 4.33. The second kappa shape index (κ2) is 5.02. The number of pyridine rings is 1. The summed E-state index contributed by atoms with van der Waals surface area (Å²) in [5.74, 6) is -0.983. The van der Waals surface area contributed by atoms with Gasteiger partial charge >= 0.3 is 0 Å². The normalized spacial score (nSPS) is 10.7. The summed E-state index contributed by atoms with van der Waals surface area (Å²) < 4.78 is 13.8. The number of rotatable bonds is 2. The monoisotopic (exact) mass is 285 g/mol. The molecule has 2 aromatic carbocycles. The minimum atomic E-state index is -0.583. The third-order valence-electron chi connectivity index (χ3n) is 3.06. The van der Waals surface area contributed by atoms with Gasteiger partial charge in [-0.25, -0.2) is 4.39 Å². The molecule has 1 aromatic heterocycles. The van der Waals surface area contributed by atoms with Gasteiger partial charge in [0.05, 0.1) is 11.1 Å². The predicted molar refractivity (Wildman–Crippen MR) is 76.6 cm³/mol. The first kappa shape index (κ1) is 12.8. The van der Waals surface area contributed by atoms with Crippen LogP contribution in [0.2, 0.25) is 5.02 Å². The number of ketones is 1. The average Bonchev–Trinajstić information content (AvgIpc) is 2.48. The molecule has 0 radical (unpaired) electrons. The third kappa shape index (κ3) is 2.17. The lowest BCUT2D eigenvalue weighted by molar-refractivity contribution is 0.103. The summed E-state index contributed by atoms with van der Waals surface area (Å²) >= 11 is 5.84. The van der Waals surface area contributed by atoms with Crippen LogP contribution < -0.4 is 0 Å². The van der Waals surface area contributed by atoms with Crippen LogP contribution >= 0.6 is 11.6 Å². The molecule has 0 aliphatic rings. The number of hydrogen-bond donors (Lipinski definition) is 0. The van der Waals surface area contributed by atoms with Crippen molar-refractivity contribution in [3.05, 3.63) is 76.7 Å². The first-order chi connectivity index (χ1) is 9.66. The van der Waals surface area contributed by atoms with Crippen LogP contribution in [0.5, 0.6) is 0 Å². The standard InChI is InChI=1S/C16H9ClFNO/c17-10-6-7-14(18)13(9-10)16(20)12-3-1-5-15-11(12)4-2-8-19-15/h1-9H. The molecule has 0 unspecified atom stereocenters. The van der Waals surface area contributed by atoms with E-state index in [0.29, 0.717) is 21.5 Å². The van der Waals surface area contributed by atoms with Crippen LogP contribution in [0.4, 0.5) is 4.39 Å². The number of hydrogen-bond acceptors (Lipinski definition) is 2. The van der Waals surface area contributed by atoms with Gasteiger partial charge < -0.3 is 0 Å². The van der Waals surface area contributed by atoms with Crippen molar-refractivity contribution in [3.8, 4) is 0 Å². The SMILES string of the molecule is O=C(c1cc(Cl)ccc1F)c1cccc2ncccc12. The quantitative estimate of drug-likeness (QED) is 0.659. The molecule has 4 heteroatoms. The third-order valence-corrected chi connectivity index (χ3v) is 3.30. The second-order valence-corrected chi connectivity index (χ2v) is 4.77. The van der Waals surface area contributed by atoms with Crippen LogP contribution in [0.1, 0.15) is 15.9 Å². The lowest BCUT2D eigenvalue weighted by Crippen LogP contribution is -2.05. The maximum Gasteiger partial charge on any atom is 0.196 e. The van der Waals surface area contributed by atoms with E-state index in [1.54, 1.807) is 36.5 Å². The van der Waals surface area contributed by atoms with E-state index in [1.807, 2.05) is 0 Å². The number of carbonyl (C=O) groups excluding carboxylic acids is 1. The van der Waals surface area contributed by atoms with Crippen molar-refractivity contribution in [1.29, 1.82) is 0 Å². The van der Waals surface area contributed by atoms with Crippen molar-refractivity contribution in [1.82, 2.24) is 4.98 Å². The van der Waals surface area contributed by atoms with Gasteiger partial charge in [0.2, 0.25) is 0 Å². The van der Waals surface area contributed by atoms with Crippen LogP contribution in [-0.4, -0.2) is 10.8 Å². The molecule has 0 bridgehead atoms. The number of fused-ring (bicyclic) bond motifs is 1. The van der Waals surface area contributed by atoms with Crippen LogP contribution in [0.3, 0.4) is 0 Å². The van der Waals surface area contributed by atoms with Crippen LogP contribution in [0.25, 0.3) is 10.9 Å². The van der Waals surface area contributed by atoms with Crippen molar-refractivity contribution in [2.75, 3.05) is 0 Å². The summed E-state index contributed by atoms with van der Waals surface area (Å²) in [6.07, 6.45) is 1.65. The van der Waals surface area contributed by atoms with Crippen LogP contribution in [-0.2, 0) is 0 Å². The highest BCUT2D eigenvalue weighted by molar-refractivity contribution is 6.31. The molecule has 98 valence electrons. The topological polar surface area (TPSA) is 30.0 Å². The van der Waals surface area contributed by atoms with Gasteiger partial charge in [-0.05, 0) is 30.3 Å². The Labute approximate surface area is 119 Å². The summed E-state index contributed by atoms with van der Waals surface area (Å²) in [6.45, 7) is 0. The zero-order chi connectivity index (χ0) is 14.1. The number of halogens is 2. The fourth-order valence-corrected chi connectivity index (χ4v) is 2.29.